The molecule has 1 saturated carbocycles. The summed E-state index contributed by atoms with van der Waals surface area (Å²) in [5.41, 5.74) is 0.919. The van der Waals surface area contributed by atoms with Crippen LogP contribution in [0.2, 0.25) is 0 Å². The number of ether oxygens (including phenoxy) is 1. The van der Waals surface area contributed by atoms with E-state index in [9.17, 15) is 9.90 Å². The molecule has 0 spiro atoms. The predicted molar refractivity (Wildman–Crippen MR) is 136 cm³/mol. The highest BCUT2D eigenvalue weighted by Gasteiger charge is 2.38. The molecule has 194 valence electrons. The fraction of sp³-hybridized carbons (Fsp3) is 0.538. The van der Waals surface area contributed by atoms with Gasteiger partial charge in [-0.2, -0.15) is 20.3 Å². The molecular formula is C26H32N8O3. The van der Waals surface area contributed by atoms with Gasteiger partial charge in [0, 0.05) is 48.3 Å². The van der Waals surface area contributed by atoms with Gasteiger partial charge in [0.2, 0.25) is 0 Å². The Morgan fingerprint density at radius 2 is 2.16 bits per heavy atom. The zero-order valence-electron chi connectivity index (χ0n) is 21.3. The number of hydrogen-bond acceptors (Lipinski definition) is 9. The zero-order chi connectivity index (χ0) is 26.2. The van der Waals surface area contributed by atoms with E-state index in [1.165, 1.54) is 0 Å². The number of anilines is 1. The van der Waals surface area contributed by atoms with Gasteiger partial charge in [-0.15, -0.1) is 0 Å². The molecule has 3 aromatic rings. The lowest BCUT2D eigenvalue weighted by molar-refractivity contribution is 0.0407. The van der Waals surface area contributed by atoms with Crippen molar-refractivity contribution in [3.8, 4) is 12.1 Å². The van der Waals surface area contributed by atoms with Crippen molar-refractivity contribution in [3.05, 3.63) is 35.8 Å². The number of piperidine rings is 1. The maximum absolute atomic E-state index is 13.0. The van der Waals surface area contributed by atoms with Crippen LogP contribution in [0.25, 0.3) is 11.0 Å². The average Bonchev–Trinajstić information content (AvgIpc) is 3.53. The molecule has 3 aromatic heterocycles. The van der Waals surface area contributed by atoms with Gasteiger partial charge < -0.3 is 20.1 Å². The van der Waals surface area contributed by atoms with Crippen molar-refractivity contribution < 1.29 is 14.6 Å². The second kappa shape index (κ2) is 9.94. The molecule has 3 atom stereocenters. The minimum absolute atomic E-state index is 0.00590. The summed E-state index contributed by atoms with van der Waals surface area (Å²) in [6, 6.07) is 7.52. The van der Waals surface area contributed by atoms with E-state index in [2.05, 4.69) is 41.4 Å². The van der Waals surface area contributed by atoms with E-state index in [1.54, 1.807) is 33.0 Å². The summed E-state index contributed by atoms with van der Waals surface area (Å²) < 4.78 is 5.84. The molecule has 37 heavy (non-hydrogen) atoms. The van der Waals surface area contributed by atoms with Gasteiger partial charge in [-0.3, -0.25) is 9.89 Å². The molecule has 5 rings (SSSR count). The molecule has 2 aliphatic rings. The summed E-state index contributed by atoms with van der Waals surface area (Å²) in [5.74, 6) is 0.700. The van der Waals surface area contributed by atoms with Gasteiger partial charge in [-0.05, 0) is 52.2 Å². The van der Waals surface area contributed by atoms with E-state index in [4.69, 9.17) is 10.00 Å². The lowest BCUT2D eigenvalue weighted by Gasteiger charge is -2.32. The number of carbonyl (C=O) groups excluding carboxylic acids is 1. The number of amides is 1. The first-order valence-electron chi connectivity index (χ1n) is 12.7. The van der Waals surface area contributed by atoms with Crippen LogP contribution in [-0.2, 0) is 0 Å². The summed E-state index contributed by atoms with van der Waals surface area (Å²) in [7, 11) is 0. The molecular weight excluding hydrogens is 472 g/mol. The normalized spacial score (nSPS) is 20.9. The lowest BCUT2D eigenvalue weighted by atomic mass is 9.92. The monoisotopic (exact) mass is 504 g/mol. The number of aromatic amines is 1. The number of nitrogens with zero attached hydrogens (tertiary/aromatic N) is 6. The summed E-state index contributed by atoms with van der Waals surface area (Å²) in [6.07, 6.45) is 4.31. The van der Waals surface area contributed by atoms with Crippen LogP contribution < -0.4 is 15.0 Å². The first-order valence-corrected chi connectivity index (χ1v) is 12.7. The number of hydrogen-bond donors (Lipinski definition) is 3. The number of carbonyl (C=O) groups is 1. The van der Waals surface area contributed by atoms with E-state index in [0.717, 1.165) is 49.1 Å². The third-order valence-electron chi connectivity index (χ3n) is 7.43. The van der Waals surface area contributed by atoms with Crippen LogP contribution in [0.5, 0.6) is 6.01 Å². The summed E-state index contributed by atoms with van der Waals surface area (Å²) >= 11 is 0. The highest BCUT2D eigenvalue weighted by atomic mass is 16.5. The summed E-state index contributed by atoms with van der Waals surface area (Å²) in [6.45, 7) is 6.84. The standard InChI is InChI=1S/C26H32N8O3/c1-15(26(2,3)36)29-24(35)20-12-21(31-25(30-20)37-14-18-11-17(18)13-27)34-9-6-16(7-10-34)22-19-5-4-8-28-23(19)33-32-22/h4-5,8,12,15-18,36H,6-7,9-11,14H2,1-3H3,(H,29,35)(H,28,32,33). The Bertz CT molecular complexity index is 1320. The molecule has 0 radical (unpaired) electrons. The van der Waals surface area contributed by atoms with Crippen LogP contribution in [0, 0.1) is 23.2 Å². The average molecular weight is 505 g/mol. The number of H-pyrrole nitrogens is 1. The van der Waals surface area contributed by atoms with E-state index in [1.807, 2.05) is 12.1 Å². The van der Waals surface area contributed by atoms with Crippen molar-refractivity contribution in [2.45, 2.75) is 57.6 Å². The second-order valence-electron chi connectivity index (χ2n) is 10.6. The van der Waals surface area contributed by atoms with Crippen LogP contribution in [0.3, 0.4) is 0 Å². The molecule has 1 amide bonds. The van der Waals surface area contributed by atoms with Gasteiger partial charge in [-0.1, -0.05) is 0 Å². The summed E-state index contributed by atoms with van der Waals surface area (Å²) in [5, 5.41) is 30.7. The van der Waals surface area contributed by atoms with Gasteiger partial charge in [0.1, 0.15) is 11.5 Å². The third-order valence-corrected chi connectivity index (χ3v) is 7.43. The van der Waals surface area contributed by atoms with Crippen molar-refractivity contribution in [3.63, 3.8) is 0 Å². The largest absolute Gasteiger partial charge is 0.463 e. The van der Waals surface area contributed by atoms with E-state index in [0.29, 0.717) is 18.3 Å². The molecule has 1 aliphatic heterocycles. The highest BCUT2D eigenvalue weighted by Crippen LogP contribution is 2.38. The van der Waals surface area contributed by atoms with Gasteiger partial charge in [-0.25, -0.2) is 4.98 Å². The molecule has 3 N–H and O–H groups in total. The number of rotatable bonds is 8. The Morgan fingerprint density at radius 1 is 1.38 bits per heavy atom. The Hall–Kier alpha value is -3.78. The minimum atomic E-state index is -1.09. The number of nitrogens with one attached hydrogen (secondary N) is 2. The molecule has 1 aliphatic carbocycles. The first-order chi connectivity index (χ1) is 17.7. The Balaban J connectivity index is 1.33. The van der Waals surface area contributed by atoms with Crippen molar-refractivity contribution >= 4 is 22.8 Å². The lowest BCUT2D eigenvalue weighted by Crippen LogP contribution is -2.47. The zero-order valence-corrected chi connectivity index (χ0v) is 21.3. The molecule has 0 aromatic carbocycles. The highest BCUT2D eigenvalue weighted by molar-refractivity contribution is 5.93. The van der Waals surface area contributed by atoms with E-state index in [-0.39, 0.29) is 23.5 Å². The number of fused-ring (bicyclic) bond motifs is 1. The second-order valence-corrected chi connectivity index (χ2v) is 10.6. The van der Waals surface area contributed by atoms with Crippen molar-refractivity contribution in [1.29, 1.82) is 5.26 Å². The topological polar surface area (TPSA) is 153 Å². The first kappa shape index (κ1) is 24.9. The molecule has 1 saturated heterocycles. The minimum Gasteiger partial charge on any atom is -0.463 e. The Labute approximate surface area is 215 Å². The fourth-order valence-electron chi connectivity index (χ4n) is 4.55. The number of aliphatic hydroxyl groups is 1. The smallest absolute Gasteiger partial charge is 0.319 e. The van der Waals surface area contributed by atoms with E-state index >= 15 is 0 Å². The number of aromatic nitrogens is 5. The van der Waals surface area contributed by atoms with Crippen molar-refractivity contribution in [2.75, 3.05) is 24.6 Å². The molecule has 11 heteroatoms. The predicted octanol–water partition coefficient (Wildman–Crippen LogP) is 2.56. The maximum Gasteiger partial charge on any atom is 0.319 e. The van der Waals surface area contributed by atoms with Gasteiger partial charge >= 0.3 is 6.01 Å². The SMILES string of the molecule is CC(NC(=O)c1cc(N2CCC(c3[nH]nc4ncccc34)CC2)nc(OCC2CC2C#N)n1)C(C)(C)O. The van der Waals surface area contributed by atoms with Gasteiger partial charge in [0.05, 0.1) is 30.2 Å². The molecule has 3 unspecified atom stereocenters. The van der Waals surface area contributed by atoms with Crippen LogP contribution in [-0.4, -0.2) is 67.5 Å². The number of nitriles is 1. The fourth-order valence-corrected chi connectivity index (χ4v) is 4.55. The van der Waals surface area contributed by atoms with Crippen LogP contribution in [0.15, 0.2) is 24.4 Å². The Kier molecular flexibility index (Phi) is 6.69. The van der Waals surface area contributed by atoms with Crippen molar-refractivity contribution in [1.82, 2.24) is 30.5 Å². The Morgan fingerprint density at radius 3 is 2.86 bits per heavy atom. The van der Waals surface area contributed by atoms with Gasteiger partial charge in [0.15, 0.2) is 5.65 Å². The third kappa shape index (κ3) is 5.49. The van der Waals surface area contributed by atoms with Crippen LogP contribution in [0.1, 0.15) is 62.1 Å². The van der Waals surface area contributed by atoms with Crippen LogP contribution in [0.4, 0.5) is 5.82 Å². The van der Waals surface area contributed by atoms with Crippen molar-refractivity contribution in [2.24, 2.45) is 11.8 Å². The molecule has 11 nitrogen and oxygen atoms in total. The number of pyridine rings is 1. The maximum atomic E-state index is 13.0. The van der Waals surface area contributed by atoms with E-state index < -0.39 is 17.6 Å². The summed E-state index contributed by atoms with van der Waals surface area (Å²) in [4.78, 5) is 28.4. The molecule has 2 fully saturated rings. The quantitative estimate of drug-likeness (QED) is 0.420. The van der Waals surface area contributed by atoms with Crippen LogP contribution >= 0.6 is 0 Å². The molecule has 4 heterocycles. The van der Waals surface area contributed by atoms with Gasteiger partial charge in [0.25, 0.3) is 5.91 Å². The molecule has 0 bridgehead atoms.